The lowest BCUT2D eigenvalue weighted by Crippen LogP contribution is -2.31. The summed E-state index contributed by atoms with van der Waals surface area (Å²) in [5, 5.41) is 0. The number of imidazole rings is 1. The maximum atomic E-state index is 12.6. The lowest BCUT2D eigenvalue weighted by atomic mass is 10.2. The first-order chi connectivity index (χ1) is 13.2. The number of benzene rings is 1. The summed E-state index contributed by atoms with van der Waals surface area (Å²) >= 11 is 0. The molecule has 1 N–H and O–H groups in total. The molecule has 0 amide bonds. The van der Waals surface area contributed by atoms with Gasteiger partial charge in [-0.3, -0.25) is 19.3 Å². The van der Waals surface area contributed by atoms with E-state index < -0.39 is 11.2 Å². The van der Waals surface area contributed by atoms with E-state index in [-0.39, 0.29) is 0 Å². The minimum absolute atomic E-state index is 0.336. The SMILES string of the molecule is CCCn1c(-c2cccnc2)nc2c1c(=O)[nH]c(=O)n2Cc1ccccc1. The van der Waals surface area contributed by atoms with E-state index in [0.717, 1.165) is 17.5 Å². The maximum absolute atomic E-state index is 12.6. The van der Waals surface area contributed by atoms with Gasteiger partial charge in [0.1, 0.15) is 5.82 Å². The molecule has 0 radical (unpaired) electrons. The quantitative estimate of drug-likeness (QED) is 0.591. The van der Waals surface area contributed by atoms with E-state index in [1.165, 1.54) is 4.57 Å². The predicted octanol–water partition coefficient (Wildman–Crippen LogP) is 2.41. The molecule has 0 aliphatic heterocycles. The standard InChI is InChI=1S/C20H19N5O2/c1-2-11-24-16-18(22-17(24)15-9-6-10-21-12-15)25(20(27)23-19(16)26)13-14-7-4-3-5-8-14/h3-10,12H,2,11,13H2,1H3,(H,23,26,27). The fraction of sp³-hybridized carbons (Fsp3) is 0.200. The zero-order chi connectivity index (χ0) is 18.8. The van der Waals surface area contributed by atoms with E-state index in [2.05, 4.69) is 15.0 Å². The zero-order valence-electron chi connectivity index (χ0n) is 14.9. The molecule has 7 nitrogen and oxygen atoms in total. The van der Waals surface area contributed by atoms with Crippen LogP contribution in [0.15, 0.2) is 64.4 Å². The van der Waals surface area contributed by atoms with Crippen LogP contribution in [0.1, 0.15) is 18.9 Å². The van der Waals surface area contributed by atoms with E-state index in [9.17, 15) is 9.59 Å². The van der Waals surface area contributed by atoms with Crippen LogP contribution in [0, 0.1) is 0 Å². The topological polar surface area (TPSA) is 85.6 Å². The Morgan fingerprint density at radius 3 is 2.56 bits per heavy atom. The summed E-state index contributed by atoms with van der Waals surface area (Å²) < 4.78 is 3.38. The molecule has 0 saturated carbocycles. The third kappa shape index (κ3) is 3.08. The molecule has 0 saturated heterocycles. The van der Waals surface area contributed by atoms with Gasteiger partial charge >= 0.3 is 5.69 Å². The van der Waals surface area contributed by atoms with Crippen LogP contribution in [-0.4, -0.2) is 24.1 Å². The van der Waals surface area contributed by atoms with Crippen molar-refractivity contribution in [2.45, 2.75) is 26.4 Å². The van der Waals surface area contributed by atoms with E-state index in [0.29, 0.717) is 30.1 Å². The maximum Gasteiger partial charge on any atom is 0.330 e. The Balaban J connectivity index is 2.00. The average Bonchev–Trinajstić information content (AvgIpc) is 3.07. The van der Waals surface area contributed by atoms with Crippen LogP contribution in [0.4, 0.5) is 0 Å². The Morgan fingerprint density at radius 1 is 1.04 bits per heavy atom. The molecule has 27 heavy (non-hydrogen) atoms. The summed E-state index contributed by atoms with van der Waals surface area (Å²) in [6.07, 6.45) is 4.23. The van der Waals surface area contributed by atoms with Crippen LogP contribution >= 0.6 is 0 Å². The normalized spacial score (nSPS) is 11.1. The third-order valence-electron chi connectivity index (χ3n) is 4.44. The van der Waals surface area contributed by atoms with Crippen molar-refractivity contribution >= 4 is 11.2 Å². The average molecular weight is 361 g/mol. The van der Waals surface area contributed by atoms with E-state index in [4.69, 9.17) is 0 Å². The van der Waals surface area contributed by atoms with Crippen molar-refractivity contribution in [2.75, 3.05) is 0 Å². The summed E-state index contributed by atoms with van der Waals surface area (Å²) in [5.41, 5.74) is 1.68. The summed E-state index contributed by atoms with van der Waals surface area (Å²) in [4.78, 5) is 36.4. The number of aromatic nitrogens is 5. The number of rotatable bonds is 5. The van der Waals surface area contributed by atoms with Gasteiger partial charge in [-0.15, -0.1) is 0 Å². The van der Waals surface area contributed by atoms with Crippen molar-refractivity contribution in [1.82, 2.24) is 24.1 Å². The number of aryl methyl sites for hydroxylation is 1. The highest BCUT2D eigenvalue weighted by molar-refractivity contribution is 5.76. The molecule has 1 aromatic carbocycles. The number of hydrogen-bond acceptors (Lipinski definition) is 4. The summed E-state index contributed by atoms with van der Waals surface area (Å²) in [6, 6.07) is 13.4. The molecule has 0 unspecified atom stereocenters. The van der Waals surface area contributed by atoms with Gasteiger partial charge in [0.2, 0.25) is 0 Å². The molecule has 3 heterocycles. The summed E-state index contributed by atoms with van der Waals surface area (Å²) in [5.74, 6) is 0.637. The smallest absolute Gasteiger partial charge is 0.318 e. The Kier molecular flexibility index (Phi) is 4.42. The highest BCUT2D eigenvalue weighted by Crippen LogP contribution is 2.22. The third-order valence-corrected chi connectivity index (χ3v) is 4.44. The molecule has 0 bridgehead atoms. The van der Waals surface area contributed by atoms with Gasteiger partial charge in [-0.2, -0.15) is 0 Å². The number of pyridine rings is 1. The van der Waals surface area contributed by atoms with Crippen molar-refractivity contribution in [3.63, 3.8) is 0 Å². The molecule has 0 aliphatic rings. The molecular formula is C20H19N5O2. The second-order valence-corrected chi connectivity index (χ2v) is 6.33. The Morgan fingerprint density at radius 2 is 1.85 bits per heavy atom. The summed E-state index contributed by atoms with van der Waals surface area (Å²) in [6.45, 7) is 2.99. The molecule has 0 spiro atoms. The zero-order valence-corrected chi connectivity index (χ0v) is 14.9. The highest BCUT2D eigenvalue weighted by Gasteiger charge is 2.19. The number of H-pyrrole nitrogens is 1. The molecule has 0 aliphatic carbocycles. The van der Waals surface area contributed by atoms with Gasteiger partial charge in [-0.05, 0) is 24.1 Å². The lowest BCUT2D eigenvalue weighted by Gasteiger charge is -2.08. The Hall–Kier alpha value is -3.48. The van der Waals surface area contributed by atoms with Crippen molar-refractivity contribution in [3.8, 4) is 11.4 Å². The number of fused-ring (bicyclic) bond motifs is 1. The second-order valence-electron chi connectivity index (χ2n) is 6.33. The monoisotopic (exact) mass is 361 g/mol. The number of hydrogen-bond donors (Lipinski definition) is 1. The minimum Gasteiger partial charge on any atom is -0.318 e. The molecule has 4 aromatic rings. The van der Waals surface area contributed by atoms with Gasteiger partial charge in [0, 0.05) is 24.5 Å². The van der Waals surface area contributed by atoms with Crippen LogP contribution in [0.3, 0.4) is 0 Å². The van der Waals surface area contributed by atoms with Crippen LogP contribution in [0.5, 0.6) is 0 Å². The Bertz CT molecular complexity index is 1190. The van der Waals surface area contributed by atoms with Gasteiger partial charge in [-0.1, -0.05) is 37.3 Å². The van der Waals surface area contributed by atoms with Crippen molar-refractivity contribution in [3.05, 3.63) is 81.3 Å². The predicted molar refractivity (Wildman–Crippen MR) is 104 cm³/mol. The number of nitrogens with zero attached hydrogens (tertiary/aromatic N) is 4. The molecule has 3 aromatic heterocycles. The van der Waals surface area contributed by atoms with Crippen molar-refractivity contribution in [1.29, 1.82) is 0 Å². The van der Waals surface area contributed by atoms with Crippen molar-refractivity contribution < 1.29 is 0 Å². The largest absolute Gasteiger partial charge is 0.330 e. The van der Waals surface area contributed by atoms with Gasteiger partial charge in [-0.25, -0.2) is 9.78 Å². The minimum atomic E-state index is -0.463. The van der Waals surface area contributed by atoms with Gasteiger partial charge in [0.25, 0.3) is 5.56 Å². The highest BCUT2D eigenvalue weighted by atomic mass is 16.2. The van der Waals surface area contributed by atoms with Crippen LogP contribution in [-0.2, 0) is 13.1 Å². The first kappa shape index (κ1) is 17.0. The van der Waals surface area contributed by atoms with Crippen LogP contribution in [0.25, 0.3) is 22.6 Å². The molecule has 136 valence electrons. The molecular weight excluding hydrogens is 342 g/mol. The number of aromatic amines is 1. The van der Waals surface area contributed by atoms with Gasteiger partial charge in [0.15, 0.2) is 11.2 Å². The fourth-order valence-corrected chi connectivity index (χ4v) is 3.24. The van der Waals surface area contributed by atoms with Gasteiger partial charge < -0.3 is 4.57 Å². The first-order valence-corrected chi connectivity index (χ1v) is 8.86. The summed E-state index contributed by atoms with van der Waals surface area (Å²) in [7, 11) is 0. The second kappa shape index (κ2) is 7.03. The molecule has 4 rings (SSSR count). The van der Waals surface area contributed by atoms with Crippen molar-refractivity contribution in [2.24, 2.45) is 0 Å². The van der Waals surface area contributed by atoms with E-state index in [1.807, 2.05) is 54.0 Å². The van der Waals surface area contributed by atoms with Crippen LogP contribution in [0.2, 0.25) is 0 Å². The molecule has 7 heteroatoms. The van der Waals surface area contributed by atoms with E-state index in [1.54, 1.807) is 12.4 Å². The fourth-order valence-electron chi connectivity index (χ4n) is 3.24. The number of nitrogens with one attached hydrogen (secondary N) is 1. The van der Waals surface area contributed by atoms with Crippen LogP contribution < -0.4 is 11.2 Å². The van der Waals surface area contributed by atoms with E-state index >= 15 is 0 Å². The van der Waals surface area contributed by atoms with Gasteiger partial charge in [0.05, 0.1) is 6.54 Å². The molecule has 0 fully saturated rings. The molecule has 0 atom stereocenters. The lowest BCUT2D eigenvalue weighted by molar-refractivity contribution is 0.697. The Labute approximate surface area is 155 Å². The first-order valence-electron chi connectivity index (χ1n) is 8.86.